The van der Waals surface area contributed by atoms with Crippen molar-refractivity contribution < 1.29 is 0 Å². The van der Waals surface area contributed by atoms with Crippen LogP contribution in [-0.2, 0) is 0 Å². The summed E-state index contributed by atoms with van der Waals surface area (Å²) in [6.45, 7) is 20.7. The van der Waals surface area contributed by atoms with Crippen LogP contribution in [0.2, 0.25) is 0 Å². The van der Waals surface area contributed by atoms with E-state index in [2.05, 4.69) is 59.2 Å². The van der Waals surface area contributed by atoms with Crippen molar-refractivity contribution in [1.29, 1.82) is 0 Å². The van der Waals surface area contributed by atoms with Crippen molar-refractivity contribution in [3.63, 3.8) is 0 Å². The van der Waals surface area contributed by atoms with Gasteiger partial charge in [0.15, 0.2) is 0 Å². The topological polar surface area (TPSA) is 12.0 Å². The van der Waals surface area contributed by atoms with Crippen molar-refractivity contribution in [3.05, 3.63) is 46.5 Å². The Morgan fingerprint density at radius 2 is 1.71 bits per heavy atom. The predicted molar refractivity (Wildman–Crippen MR) is 81.6 cm³/mol. The highest BCUT2D eigenvalue weighted by Crippen LogP contribution is 2.29. The zero-order valence-corrected chi connectivity index (χ0v) is 12.8. The van der Waals surface area contributed by atoms with E-state index in [1.807, 2.05) is 13.0 Å². The molecule has 0 aromatic rings. The molecule has 0 aromatic heterocycles. The summed E-state index contributed by atoms with van der Waals surface area (Å²) in [6.07, 6.45) is 4.15. The van der Waals surface area contributed by atoms with Crippen LogP contribution in [0.3, 0.4) is 0 Å². The van der Waals surface area contributed by atoms with E-state index in [4.69, 9.17) is 0 Å². The third kappa shape index (κ3) is 6.42. The van der Waals surface area contributed by atoms with Gasteiger partial charge in [-0.1, -0.05) is 63.4 Å². The van der Waals surface area contributed by atoms with Crippen LogP contribution >= 0.6 is 11.8 Å². The zero-order valence-electron chi connectivity index (χ0n) is 12.0. The van der Waals surface area contributed by atoms with Crippen molar-refractivity contribution in [3.8, 4) is 0 Å². The lowest BCUT2D eigenvalue weighted by molar-refractivity contribution is 0.480. The summed E-state index contributed by atoms with van der Waals surface area (Å²) in [5.41, 5.74) is 2.33. The van der Waals surface area contributed by atoms with Gasteiger partial charge in [0, 0.05) is 16.0 Å². The molecule has 1 nitrogen and oxygen atoms in total. The summed E-state index contributed by atoms with van der Waals surface area (Å²) in [7, 11) is 0. The fourth-order valence-corrected chi connectivity index (χ4v) is 1.82. The minimum Gasteiger partial charge on any atom is -0.354 e. The van der Waals surface area contributed by atoms with E-state index in [1.165, 1.54) is 10.5 Å². The quantitative estimate of drug-likeness (QED) is 0.673. The van der Waals surface area contributed by atoms with E-state index in [1.54, 1.807) is 11.8 Å². The van der Waals surface area contributed by atoms with E-state index in [0.717, 1.165) is 10.7 Å². The monoisotopic (exact) mass is 251 g/mol. The maximum Gasteiger partial charge on any atom is 0.0698 e. The van der Waals surface area contributed by atoms with Crippen molar-refractivity contribution in [1.82, 2.24) is 5.32 Å². The molecule has 0 heterocycles. The molecule has 96 valence electrons. The Morgan fingerprint density at radius 3 is 2.06 bits per heavy atom. The Hall–Kier alpha value is -0.890. The fourth-order valence-electron chi connectivity index (χ4n) is 0.968. The minimum absolute atomic E-state index is 0.0508. The lowest BCUT2D eigenvalue weighted by Crippen LogP contribution is -2.21. The SMILES string of the molecule is C=C(NC(=C)C(C)(C)C)SC(/C=C\C)=C(C)C. The van der Waals surface area contributed by atoms with Gasteiger partial charge >= 0.3 is 0 Å². The fraction of sp³-hybridized carbons (Fsp3) is 0.467. The van der Waals surface area contributed by atoms with Gasteiger partial charge in [-0.2, -0.15) is 0 Å². The van der Waals surface area contributed by atoms with Gasteiger partial charge in [0.25, 0.3) is 0 Å². The Kier molecular flexibility index (Phi) is 6.40. The number of rotatable bonds is 5. The van der Waals surface area contributed by atoms with Gasteiger partial charge in [0.1, 0.15) is 0 Å². The second-order valence-corrected chi connectivity index (χ2v) is 6.38. The first-order valence-corrected chi connectivity index (χ1v) is 6.63. The normalized spacial score (nSPS) is 11.4. The molecule has 0 rings (SSSR count). The van der Waals surface area contributed by atoms with Gasteiger partial charge in [-0.3, -0.25) is 0 Å². The molecule has 0 aliphatic heterocycles. The van der Waals surface area contributed by atoms with Crippen LogP contribution in [0.1, 0.15) is 41.5 Å². The summed E-state index contributed by atoms with van der Waals surface area (Å²) in [6, 6.07) is 0. The van der Waals surface area contributed by atoms with E-state index in [9.17, 15) is 0 Å². The average molecular weight is 251 g/mol. The van der Waals surface area contributed by atoms with Crippen molar-refractivity contribution in [2.75, 3.05) is 0 Å². The van der Waals surface area contributed by atoms with E-state index in [-0.39, 0.29) is 5.41 Å². The van der Waals surface area contributed by atoms with Gasteiger partial charge in [0.05, 0.1) is 5.03 Å². The van der Waals surface area contributed by atoms with Crippen LogP contribution in [0.25, 0.3) is 0 Å². The molecule has 0 saturated carbocycles. The summed E-state index contributed by atoms with van der Waals surface area (Å²) < 4.78 is 0. The third-order valence-electron chi connectivity index (χ3n) is 2.24. The Morgan fingerprint density at radius 1 is 1.18 bits per heavy atom. The average Bonchev–Trinajstić information content (AvgIpc) is 2.15. The van der Waals surface area contributed by atoms with Crippen molar-refractivity contribution >= 4 is 11.8 Å². The number of hydrogen-bond acceptors (Lipinski definition) is 2. The number of nitrogens with one attached hydrogen (secondary N) is 1. The number of allylic oxidation sites excluding steroid dienone is 4. The molecule has 0 aromatic carbocycles. The Balaban J connectivity index is 4.57. The molecule has 0 aliphatic rings. The highest BCUT2D eigenvalue weighted by Gasteiger charge is 2.15. The molecule has 0 bridgehead atoms. The minimum atomic E-state index is 0.0508. The molecule has 0 amide bonds. The third-order valence-corrected chi connectivity index (χ3v) is 3.35. The van der Waals surface area contributed by atoms with Crippen LogP contribution < -0.4 is 5.32 Å². The van der Waals surface area contributed by atoms with Gasteiger partial charge in [0.2, 0.25) is 0 Å². The first-order valence-electron chi connectivity index (χ1n) is 5.81. The van der Waals surface area contributed by atoms with Crippen LogP contribution in [0, 0.1) is 5.41 Å². The summed E-state index contributed by atoms with van der Waals surface area (Å²) in [5.74, 6) is 0. The van der Waals surface area contributed by atoms with Gasteiger partial charge in [-0.05, 0) is 20.8 Å². The molecule has 0 atom stereocenters. The molecule has 2 heteroatoms. The van der Waals surface area contributed by atoms with Gasteiger partial charge < -0.3 is 5.32 Å². The summed E-state index contributed by atoms with van der Waals surface area (Å²) in [5, 5.41) is 4.19. The highest BCUT2D eigenvalue weighted by molar-refractivity contribution is 8.06. The smallest absolute Gasteiger partial charge is 0.0698 e. The number of thioether (sulfide) groups is 1. The van der Waals surface area contributed by atoms with Gasteiger partial charge in [-0.25, -0.2) is 0 Å². The Bertz CT molecular complexity index is 350. The molecule has 0 saturated heterocycles. The van der Waals surface area contributed by atoms with Crippen LogP contribution in [0.4, 0.5) is 0 Å². The standard InChI is InChI=1S/C15H25NS/c1-9-10-14(11(2)3)17-13(5)16-12(4)15(6,7)8/h9-10,16H,4-5H2,1-3,6-8H3/b10-9-. The van der Waals surface area contributed by atoms with Gasteiger partial charge in [-0.15, -0.1) is 0 Å². The molecule has 0 aliphatic carbocycles. The zero-order chi connectivity index (χ0) is 13.6. The molecule has 0 spiro atoms. The summed E-state index contributed by atoms with van der Waals surface area (Å²) >= 11 is 1.65. The highest BCUT2D eigenvalue weighted by atomic mass is 32.2. The van der Waals surface area contributed by atoms with Crippen LogP contribution in [-0.4, -0.2) is 0 Å². The summed E-state index contributed by atoms with van der Waals surface area (Å²) in [4.78, 5) is 1.23. The number of hydrogen-bond donors (Lipinski definition) is 1. The predicted octanol–water partition coefficient (Wildman–Crippen LogP) is 5.21. The van der Waals surface area contributed by atoms with E-state index >= 15 is 0 Å². The van der Waals surface area contributed by atoms with E-state index in [0.29, 0.717) is 0 Å². The molecule has 17 heavy (non-hydrogen) atoms. The molecule has 0 unspecified atom stereocenters. The largest absolute Gasteiger partial charge is 0.354 e. The van der Waals surface area contributed by atoms with Crippen molar-refractivity contribution in [2.24, 2.45) is 5.41 Å². The molecular weight excluding hydrogens is 226 g/mol. The first-order chi connectivity index (χ1) is 7.68. The second kappa shape index (κ2) is 6.75. The molecule has 0 radical (unpaired) electrons. The van der Waals surface area contributed by atoms with Crippen LogP contribution in [0.5, 0.6) is 0 Å². The first kappa shape index (κ1) is 16.1. The maximum absolute atomic E-state index is 4.04. The molecule has 1 N–H and O–H groups in total. The van der Waals surface area contributed by atoms with Crippen LogP contribution in [0.15, 0.2) is 46.5 Å². The Labute approximate surface area is 111 Å². The lowest BCUT2D eigenvalue weighted by Gasteiger charge is -2.24. The molecule has 0 fully saturated rings. The molecular formula is C15H25NS. The maximum atomic E-state index is 4.04. The lowest BCUT2D eigenvalue weighted by atomic mass is 9.93. The second-order valence-electron chi connectivity index (χ2n) is 5.24. The van der Waals surface area contributed by atoms with E-state index < -0.39 is 0 Å². The van der Waals surface area contributed by atoms with Crippen molar-refractivity contribution in [2.45, 2.75) is 41.5 Å².